The van der Waals surface area contributed by atoms with E-state index < -0.39 is 0 Å². The zero-order valence-corrected chi connectivity index (χ0v) is 14.9. The van der Waals surface area contributed by atoms with E-state index in [1.54, 1.807) is 24.3 Å². The van der Waals surface area contributed by atoms with Gasteiger partial charge in [-0.25, -0.2) is 0 Å². The molecule has 0 radical (unpaired) electrons. The third kappa shape index (κ3) is 3.81. The molecule has 0 spiro atoms. The van der Waals surface area contributed by atoms with Gasteiger partial charge in [0.1, 0.15) is 5.75 Å². The number of fused-ring (bicyclic) bond motifs is 1. The number of terminal acetylenes is 1. The van der Waals surface area contributed by atoms with Crippen molar-refractivity contribution in [1.29, 1.82) is 0 Å². The van der Waals surface area contributed by atoms with E-state index in [0.717, 1.165) is 16.0 Å². The molecule has 2 aromatic carbocycles. The summed E-state index contributed by atoms with van der Waals surface area (Å²) < 4.78 is 8.52. The first kappa shape index (κ1) is 17.0. The Morgan fingerprint density at radius 1 is 1.24 bits per heavy atom. The molecular formula is C20H18N2O2S. The number of rotatable bonds is 4. The van der Waals surface area contributed by atoms with Gasteiger partial charge in [-0.1, -0.05) is 29.4 Å². The highest BCUT2D eigenvalue weighted by atomic mass is 32.1. The van der Waals surface area contributed by atoms with Crippen molar-refractivity contribution in [3.63, 3.8) is 0 Å². The van der Waals surface area contributed by atoms with Gasteiger partial charge in [0, 0.05) is 5.56 Å². The third-order valence-corrected chi connectivity index (χ3v) is 4.57. The molecule has 0 bridgehead atoms. The maximum Gasteiger partial charge on any atom is 0.279 e. The number of hydrogen-bond acceptors (Lipinski definition) is 3. The van der Waals surface area contributed by atoms with Gasteiger partial charge in [-0.3, -0.25) is 4.79 Å². The first-order valence-corrected chi connectivity index (χ1v) is 8.77. The number of carbonyl (C=O) groups is 1. The van der Waals surface area contributed by atoms with E-state index >= 15 is 0 Å². The zero-order chi connectivity index (χ0) is 17.8. The minimum absolute atomic E-state index is 0.0903. The monoisotopic (exact) mass is 350 g/mol. The van der Waals surface area contributed by atoms with Crippen molar-refractivity contribution < 1.29 is 9.53 Å². The van der Waals surface area contributed by atoms with E-state index in [-0.39, 0.29) is 12.0 Å². The lowest BCUT2D eigenvalue weighted by molar-refractivity contribution is 0.0998. The summed E-state index contributed by atoms with van der Waals surface area (Å²) in [5, 5.41) is 0. The second-order valence-corrected chi connectivity index (χ2v) is 6.76. The van der Waals surface area contributed by atoms with Crippen LogP contribution >= 0.6 is 11.3 Å². The highest BCUT2D eigenvalue weighted by Crippen LogP contribution is 2.17. The van der Waals surface area contributed by atoms with E-state index in [9.17, 15) is 4.79 Å². The number of para-hydroxylation sites is 1. The van der Waals surface area contributed by atoms with E-state index in [0.29, 0.717) is 16.9 Å². The van der Waals surface area contributed by atoms with Crippen LogP contribution in [-0.2, 0) is 6.54 Å². The van der Waals surface area contributed by atoms with Crippen molar-refractivity contribution in [2.24, 2.45) is 4.99 Å². The second-order valence-electron chi connectivity index (χ2n) is 5.75. The molecule has 5 heteroatoms. The van der Waals surface area contributed by atoms with Crippen LogP contribution in [0.2, 0.25) is 0 Å². The standard InChI is InChI=1S/C20H18N2O2S/c1-4-13-22-17-7-5-6-8-18(17)25-20(22)21-19(23)15-9-11-16(12-10-15)24-14(2)3/h1,5-12,14H,13H2,2-3H3. The average molecular weight is 350 g/mol. The molecule has 0 saturated carbocycles. The van der Waals surface area contributed by atoms with Crippen molar-refractivity contribution in [1.82, 2.24) is 4.57 Å². The van der Waals surface area contributed by atoms with Gasteiger partial charge in [-0.15, -0.1) is 6.42 Å². The van der Waals surface area contributed by atoms with Gasteiger partial charge in [0.25, 0.3) is 5.91 Å². The van der Waals surface area contributed by atoms with Crippen LogP contribution in [0.4, 0.5) is 0 Å². The Labute approximate surface area is 150 Å². The van der Waals surface area contributed by atoms with E-state index in [1.807, 2.05) is 42.7 Å². The Balaban J connectivity index is 1.97. The smallest absolute Gasteiger partial charge is 0.279 e. The Morgan fingerprint density at radius 3 is 2.64 bits per heavy atom. The molecule has 0 saturated heterocycles. The topological polar surface area (TPSA) is 43.6 Å². The van der Waals surface area contributed by atoms with Crippen LogP contribution in [0.5, 0.6) is 5.75 Å². The molecule has 126 valence electrons. The number of nitrogens with zero attached hydrogens (tertiary/aromatic N) is 2. The fourth-order valence-corrected chi connectivity index (χ4v) is 3.48. The predicted octanol–water partition coefficient (Wildman–Crippen LogP) is 3.86. The fourth-order valence-electron chi connectivity index (χ4n) is 2.45. The molecule has 0 fully saturated rings. The summed E-state index contributed by atoms with van der Waals surface area (Å²) in [7, 11) is 0. The molecule has 1 heterocycles. The fraction of sp³-hybridized carbons (Fsp3) is 0.200. The molecule has 1 aromatic heterocycles. The quantitative estimate of drug-likeness (QED) is 0.671. The van der Waals surface area contributed by atoms with Crippen molar-refractivity contribution in [3.8, 4) is 18.1 Å². The summed E-state index contributed by atoms with van der Waals surface area (Å²) in [5.41, 5.74) is 1.50. The van der Waals surface area contributed by atoms with Crippen molar-refractivity contribution in [3.05, 3.63) is 58.9 Å². The SMILES string of the molecule is C#CCn1c(=NC(=O)c2ccc(OC(C)C)cc2)sc2ccccc21. The van der Waals surface area contributed by atoms with Gasteiger partial charge in [0.15, 0.2) is 4.80 Å². The van der Waals surface area contributed by atoms with Crippen LogP contribution in [0.1, 0.15) is 24.2 Å². The van der Waals surface area contributed by atoms with Crippen LogP contribution < -0.4 is 9.54 Å². The lowest BCUT2D eigenvalue weighted by atomic mass is 10.2. The minimum atomic E-state index is -0.298. The molecule has 3 aromatic rings. The number of ether oxygens (including phenoxy) is 1. The molecule has 0 atom stereocenters. The molecule has 0 aliphatic rings. The van der Waals surface area contributed by atoms with Gasteiger partial charge in [-0.2, -0.15) is 4.99 Å². The molecule has 1 amide bonds. The van der Waals surface area contributed by atoms with Gasteiger partial charge in [0.2, 0.25) is 0 Å². The number of carbonyl (C=O) groups excluding carboxylic acids is 1. The number of hydrogen-bond donors (Lipinski definition) is 0. The van der Waals surface area contributed by atoms with Gasteiger partial charge >= 0.3 is 0 Å². The van der Waals surface area contributed by atoms with E-state index in [2.05, 4.69) is 10.9 Å². The molecule has 0 aliphatic carbocycles. The first-order valence-electron chi connectivity index (χ1n) is 7.96. The van der Waals surface area contributed by atoms with Crippen molar-refractivity contribution in [2.75, 3.05) is 0 Å². The van der Waals surface area contributed by atoms with Crippen LogP contribution in [-0.4, -0.2) is 16.6 Å². The Morgan fingerprint density at radius 2 is 1.96 bits per heavy atom. The summed E-state index contributed by atoms with van der Waals surface area (Å²) in [4.78, 5) is 17.4. The largest absolute Gasteiger partial charge is 0.491 e. The summed E-state index contributed by atoms with van der Waals surface area (Å²) in [5.74, 6) is 3.06. The summed E-state index contributed by atoms with van der Waals surface area (Å²) in [6.45, 7) is 4.29. The summed E-state index contributed by atoms with van der Waals surface area (Å²) in [6.07, 6.45) is 5.56. The molecule has 0 N–H and O–H groups in total. The number of aromatic nitrogens is 1. The number of amides is 1. The highest BCUT2D eigenvalue weighted by Gasteiger charge is 2.09. The summed E-state index contributed by atoms with van der Waals surface area (Å²) in [6, 6.07) is 14.9. The number of thiazole rings is 1. The highest BCUT2D eigenvalue weighted by molar-refractivity contribution is 7.16. The van der Waals surface area contributed by atoms with Crippen LogP contribution in [0.15, 0.2) is 53.5 Å². The van der Waals surface area contributed by atoms with E-state index in [1.165, 1.54) is 11.3 Å². The normalized spacial score (nSPS) is 11.7. The molecule has 0 unspecified atom stereocenters. The van der Waals surface area contributed by atoms with Gasteiger partial charge < -0.3 is 9.30 Å². The average Bonchev–Trinajstić information content (AvgIpc) is 2.93. The van der Waals surface area contributed by atoms with E-state index in [4.69, 9.17) is 11.2 Å². The Bertz CT molecular complexity index is 1000. The Hall–Kier alpha value is -2.84. The van der Waals surface area contributed by atoms with Crippen LogP contribution in [0.25, 0.3) is 10.2 Å². The molecule has 3 rings (SSSR count). The lowest BCUT2D eigenvalue weighted by Gasteiger charge is -2.09. The first-order chi connectivity index (χ1) is 12.1. The van der Waals surface area contributed by atoms with Crippen LogP contribution in [0, 0.1) is 12.3 Å². The third-order valence-electron chi connectivity index (χ3n) is 3.51. The molecule has 4 nitrogen and oxygen atoms in total. The van der Waals surface area contributed by atoms with Crippen LogP contribution in [0.3, 0.4) is 0 Å². The maximum atomic E-state index is 12.5. The second kappa shape index (κ2) is 7.37. The summed E-state index contributed by atoms with van der Waals surface area (Å²) >= 11 is 1.45. The molecule has 0 aliphatic heterocycles. The zero-order valence-electron chi connectivity index (χ0n) is 14.1. The van der Waals surface area contributed by atoms with Gasteiger partial charge in [0.05, 0.1) is 22.9 Å². The lowest BCUT2D eigenvalue weighted by Crippen LogP contribution is -2.16. The molecular weight excluding hydrogens is 332 g/mol. The van der Waals surface area contributed by atoms with Gasteiger partial charge in [-0.05, 0) is 50.2 Å². The predicted molar refractivity (Wildman–Crippen MR) is 101 cm³/mol. The van der Waals surface area contributed by atoms with Crippen molar-refractivity contribution in [2.45, 2.75) is 26.5 Å². The maximum absolute atomic E-state index is 12.5. The molecule has 25 heavy (non-hydrogen) atoms. The minimum Gasteiger partial charge on any atom is -0.491 e. The number of benzene rings is 2. The Kier molecular flexibility index (Phi) is 5.01. The van der Waals surface area contributed by atoms with Crippen molar-refractivity contribution >= 4 is 27.5 Å².